The molecule has 100 valence electrons. The van der Waals surface area contributed by atoms with Gasteiger partial charge in [0.15, 0.2) is 0 Å². The second kappa shape index (κ2) is 6.21. The van der Waals surface area contributed by atoms with Crippen LogP contribution >= 0.6 is 11.8 Å². The van der Waals surface area contributed by atoms with Crippen LogP contribution in [0.3, 0.4) is 0 Å². The number of benzene rings is 1. The van der Waals surface area contributed by atoms with Gasteiger partial charge in [0.1, 0.15) is 0 Å². The zero-order chi connectivity index (χ0) is 13.8. The van der Waals surface area contributed by atoms with Gasteiger partial charge in [-0.25, -0.2) is 8.42 Å². The molecule has 1 amide bonds. The van der Waals surface area contributed by atoms with E-state index in [1.54, 1.807) is 6.07 Å². The van der Waals surface area contributed by atoms with E-state index in [4.69, 9.17) is 0 Å². The first-order valence-electron chi connectivity index (χ1n) is 5.18. The Morgan fingerprint density at radius 3 is 2.56 bits per heavy atom. The van der Waals surface area contributed by atoms with Crippen molar-refractivity contribution in [3.63, 3.8) is 0 Å². The highest BCUT2D eigenvalue weighted by Gasteiger charge is 2.15. The fraction of sp³-hybridized carbons (Fsp3) is 0.364. The smallest absolute Gasteiger partial charge is 0.239 e. The number of anilines is 1. The van der Waals surface area contributed by atoms with Gasteiger partial charge in [-0.3, -0.25) is 4.79 Å². The third-order valence-electron chi connectivity index (χ3n) is 2.31. The summed E-state index contributed by atoms with van der Waals surface area (Å²) in [5, 5.41) is 2.70. The summed E-state index contributed by atoms with van der Waals surface area (Å²) < 4.78 is 23.4. The molecule has 7 heteroatoms. The Hall–Kier alpha value is -1.05. The molecule has 0 aromatic heterocycles. The predicted molar refractivity (Wildman–Crippen MR) is 74.3 cm³/mol. The normalized spacial score (nSPS) is 11.6. The first-order chi connectivity index (χ1) is 8.34. The maximum atomic E-state index is 11.7. The van der Waals surface area contributed by atoms with Crippen LogP contribution in [0.2, 0.25) is 0 Å². The lowest BCUT2D eigenvalue weighted by atomic mass is 10.3. The van der Waals surface area contributed by atoms with Crippen molar-refractivity contribution in [2.45, 2.75) is 4.90 Å². The second-order valence-electron chi connectivity index (χ2n) is 3.77. The Labute approximate surface area is 112 Å². The highest BCUT2D eigenvalue weighted by molar-refractivity contribution is 7.98. The van der Waals surface area contributed by atoms with Crippen molar-refractivity contribution in [3.8, 4) is 0 Å². The number of likely N-dealkylation sites (N-methyl/N-ethyl adjacent to an activating group) is 1. The van der Waals surface area contributed by atoms with E-state index in [1.807, 2.05) is 24.5 Å². The summed E-state index contributed by atoms with van der Waals surface area (Å²) in [7, 11) is -1.97. The Kier molecular flexibility index (Phi) is 5.18. The molecule has 0 atom stereocenters. The predicted octanol–water partition coefficient (Wildman–Crippen LogP) is 1.24. The van der Waals surface area contributed by atoms with Gasteiger partial charge in [-0.15, -0.1) is 11.8 Å². The van der Waals surface area contributed by atoms with E-state index in [9.17, 15) is 13.2 Å². The number of thioether (sulfide) groups is 1. The van der Waals surface area contributed by atoms with Crippen LogP contribution in [0.4, 0.5) is 5.69 Å². The standard InChI is InChI=1S/C11H16N2O3S2/c1-13(18(3,15)16)8-11(14)12-9-6-4-5-7-10(9)17-2/h4-7H,8H2,1-3H3,(H,12,14). The number of sulfonamides is 1. The lowest BCUT2D eigenvalue weighted by Crippen LogP contribution is -2.34. The molecule has 1 aromatic rings. The van der Waals surface area contributed by atoms with E-state index in [0.717, 1.165) is 15.5 Å². The van der Waals surface area contributed by atoms with Crippen molar-refractivity contribution in [2.75, 3.05) is 31.4 Å². The van der Waals surface area contributed by atoms with Crippen molar-refractivity contribution >= 4 is 33.4 Å². The van der Waals surface area contributed by atoms with Crippen LogP contribution in [0, 0.1) is 0 Å². The van der Waals surface area contributed by atoms with E-state index in [-0.39, 0.29) is 12.5 Å². The molecule has 0 heterocycles. The Morgan fingerprint density at radius 1 is 1.39 bits per heavy atom. The van der Waals surface area contributed by atoms with Crippen molar-refractivity contribution in [1.29, 1.82) is 0 Å². The van der Waals surface area contributed by atoms with Crippen LogP contribution in [0.15, 0.2) is 29.2 Å². The number of carbonyl (C=O) groups excluding carboxylic acids is 1. The highest BCUT2D eigenvalue weighted by atomic mass is 32.2. The van der Waals surface area contributed by atoms with Crippen molar-refractivity contribution in [2.24, 2.45) is 0 Å². The largest absolute Gasteiger partial charge is 0.324 e. The fourth-order valence-electron chi connectivity index (χ4n) is 1.26. The van der Waals surface area contributed by atoms with Crippen molar-refractivity contribution in [1.82, 2.24) is 4.31 Å². The molecule has 0 bridgehead atoms. The summed E-state index contributed by atoms with van der Waals surface area (Å²) in [6, 6.07) is 7.37. The molecular formula is C11H16N2O3S2. The molecule has 0 aliphatic carbocycles. The highest BCUT2D eigenvalue weighted by Crippen LogP contribution is 2.24. The number of nitrogens with one attached hydrogen (secondary N) is 1. The van der Waals surface area contributed by atoms with Crippen LogP contribution in [-0.4, -0.2) is 44.7 Å². The van der Waals surface area contributed by atoms with E-state index < -0.39 is 10.0 Å². The molecule has 0 radical (unpaired) electrons. The lowest BCUT2D eigenvalue weighted by molar-refractivity contribution is -0.116. The molecule has 0 saturated carbocycles. The van der Waals surface area contributed by atoms with Crippen molar-refractivity contribution < 1.29 is 13.2 Å². The molecular weight excluding hydrogens is 272 g/mol. The van der Waals surface area contributed by atoms with E-state index >= 15 is 0 Å². The monoisotopic (exact) mass is 288 g/mol. The molecule has 1 N–H and O–H groups in total. The van der Waals surface area contributed by atoms with Gasteiger partial charge < -0.3 is 5.32 Å². The van der Waals surface area contributed by atoms with Gasteiger partial charge in [0.2, 0.25) is 15.9 Å². The maximum absolute atomic E-state index is 11.7. The van der Waals surface area contributed by atoms with Gasteiger partial charge in [-0.2, -0.15) is 4.31 Å². The summed E-state index contributed by atoms with van der Waals surface area (Å²) in [4.78, 5) is 12.6. The van der Waals surface area contributed by atoms with Gasteiger partial charge in [0, 0.05) is 11.9 Å². The zero-order valence-electron chi connectivity index (χ0n) is 10.5. The van der Waals surface area contributed by atoms with Crippen LogP contribution in [0.25, 0.3) is 0 Å². The summed E-state index contributed by atoms with van der Waals surface area (Å²) in [5.74, 6) is -0.357. The Balaban J connectivity index is 2.71. The van der Waals surface area contributed by atoms with E-state index in [0.29, 0.717) is 5.69 Å². The summed E-state index contributed by atoms with van der Waals surface area (Å²) in [6.07, 6.45) is 2.98. The Bertz CT molecular complexity index is 529. The first kappa shape index (κ1) is 15.0. The number of hydrogen-bond donors (Lipinski definition) is 1. The lowest BCUT2D eigenvalue weighted by Gasteiger charge is -2.14. The van der Waals surface area contributed by atoms with Crippen LogP contribution in [0.5, 0.6) is 0 Å². The summed E-state index contributed by atoms with van der Waals surface area (Å²) in [5.41, 5.74) is 0.692. The van der Waals surface area contributed by atoms with E-state index in [1.165, 1.54) is 18.8 Å². The van der Waals surface area contributed by atoms with Gasteiger partial charge >= 0.3 is 0 Å². The average molecular weight is 288 g/mol. The van der Waals surface area contributed by atoms with Gasteiger partial charge in [0.25, 0.3) is 0 Å². The van der Waals surface area contributed by atoms with Gasteiger partial charge in [-0.1, -0.05) is 12.1 Å². The number of rotatable bonds is 5. The summed E-state index contributed by atoms with van der Waals surface area (Å²) in [6.45, 7) is -0.193. The number of para-hydroxylation sites is 1. The minimum atomic E-state index is -3.34. The molecule has 0 saturated heterocycles. The third kappa shape index (κ3) is 4.32. The zero-order valence-corrected chi connectivity index (χ0v) is 12.1. The maximum Gasteiger partial charge on any atom is 0.239 e. The molecule has 1 rings (SSSR count). The SMILES string of the molecule is CSc1ccccc1NC(=O)CN(C)S(C)(=O)=O. The molecule has 5 nitrogen and oxygen atoms in total. The topological polar surface area (TPSA) is 66.5 Å². The second-order valence-corrected chi connectivity index (χ2v) is 6.70. The third-order valence-corrected chi connectivity index (χ3v) is 4.37. The quantitative estimate of drug-likeness (QED) is 0.828. The number of hydrogen-bond acceptors (Lipinski definition) is 4. The van der Waals surface area contributed by atoms with Crippen molar-refractivity contribution in [3.05, 3.63) is 24.3 Å². The average Bonchev–Trinajstić information content (AvgIpc) is 2.28. The van der Waals surface area contributed by atoms with Gasteiger partial charge in [0.05, 0.1) is 18.5 Å². The van der Waals surface area contributed by atoms with Gasteiger partial charge in [-0.05, 0) is 18.4 Å². The Morgan fingerprint density at radius 2 is 2.00 bits per heavy atom. The first-order valence-corrected chi connectivity index (χ1v) is 8.26. The molecule has 0 aliphatic heterocycles. The minimum Gasteiger partial charge on any atom is -0.324 e. The fourth-order valence-corrected chi connectivity index (χ4v) is 2.16. The molecule has 1 aromatic carbocycles. The molecule has 0 aliphatic rings. The number of carbonyl (C=O) groups is 1. The number of amides is 1. The van der Waals surface area contributed by atoms with E-state index in [2.05, 4.69) is 5.32 Å². The van der Waals surface area contributed by atoms with Crippen LogP contribution in [-0.2, 0) is 14.8 Å². The summed E-state index contributed by atoms with van der Waals surface area (Å²) >= 11 is 1.52. The molecule has 0 unspecified atom stereocenters. The minimum absolute atomic E-state index is 0.193. The molecule has 18 heavy (non-hydrogen) atoms. The van der Waals surface area contributed by atoms with Crippen LogP contribution < -0.4 is 5.32 Å². The molecule has 0 fully saturated rings. The van der Waals surface area contributed by atoms with Crippen LogP contribution in [0.1, 0.15) is 0 Å². The number of nitrogens with zero attached hydrogens (tertiary/aromatic N) is 1. The molecule has 0 spiro atoms.